The number of benzene rings is 6. The van der Waals surface area contributed by atoms with Gasteiger partial charge in [-0.25, -0.2) is 31.4 Å². The fourth-order valence-electron chi connectivity index (χ4n) is 17.0. The Kier molecular flexibility index (Phi) is 25.9. The van der Waals surface area contributed by atoms with Crippen LogP contribution in [0.3, 0.4) is 0 Å². The largest absolute Gasteiger partial charge is 0.379 e. The van der Waals surface area contributed by atoms with Crippen molar-refractivity contribution >= 4 is 109 Å². The van der Waals surface area contributed by atoms with E-state index in [-0.39, 0.29) is 56.5 Å². The lowest BCUT2D eigenvalue weighted by Crippen LogP contribution is -2.48. The normalized spacial score (nSPS) is 14.9. The molecule has 0 unspecified atom stereocenters. The zero-order chi connectivity index (χ0) is 86.8. The van der Waals surface area contributed by atoms with Gasteiger partial charge in [-0.15, -0.1) is 0 Å². The highest BCUT2D eigenvalue weighted by atomic mass is 16.6. The van der Waals surface area contributed by atoms with Crippen molar-refractivity contribution in [3.63, 3.8) is 0 Å². The van der Waals surface area contributed by atoms with Crippen LogP contribution in [-0.4, -0.2) is 194 Å². The minimum absolute atomic E-state index is 0.0623. The highest BCUT2D eigenvalue weighted by Gasteiger charge is 2.28. The molecule has 6 aromatic heterocycles. The van der Waals surface area contributed by atoms with E-state index >= 15 is 0 Å². The Morgan fingerprint density at radius 1 is 0.424 bits per heavy atom. The predicted molar refractivity (Wildman–Crippen MR) is 472 cm³/mol. The lowest BCUT2D eigenvalue weighted by atomic mass is 9.89. The SMILES string of the molecule is CONC(=O)c1cn(-c2ccc3c(c2)CCC3)c2nc(Nc3cccc(C(=O)NCCN4CCOCC4)c3)ncc2c1=O.CONC(=O)c1cn(-c2ccc3c(c2)CCC3)c2nc(Nc3cccc(C4CCN(C(C)=O)CC4)c3)ncc2c1=O.CONC(=O)c1cn(-c2ccc3c(c2)CCC3)c2nc(Nc3cccc(N4CCN(C(C)=O)CC4)c3)ncc2c1=O. The average molecular weight is 1690 g/mol. The molecule has 9 heterocycles. The van der Waals surface area contributed by atoms with Crippen molar-refractivity contribution < 1.29 is 48.0 Å². The molecule has 3 aliphatic carbocycles. The molecule has 0 spiro atoms. The van der Waals surface area contributed by atoms with Crippen molar-refractivity contribution in [2.45, 2.75) is 90.4 Å². The van der Waals surface area contributed by atoms with Crippen LogP contribution in [0.25, 0.3) is 50.2 Å². The molecule has 12 aromatic rings. The van der Waals surface area contributed by atoms with E-state index in [1.807, 2.05) is 70.5 Å². The lowest BCUT2D eigenvalue weighted by Gasteiger charge is -2.35. The van der Waals surface area contributed by atoms with Gasteiger partial charge in [0.05, 0.1) is 50.7 Å². The second-order valence-corrected chi connectivity index (χ2v) is 31.5. The number of ether oxygens (including phenoxy) is 1. The second kappa shape index (κ2) is 38.2. The van der Waals surface area contributed by atoms with Crippen LogP contribution in [0.15, 0.2) is 179 Å². The monoisotopic (exact) mass is 1690 g/mol. The maximum atomic E-state index is 13.3. The smallest absolute Gasteiger partial charge is 0.280 e. The molecule has 6 amide bonds. The lowest BCUT2D eigenvalue weighted by molar-refractivity contribution is -0.130. The van der Waals surface area contributed by atoms with Crippen LogP contribution in [0.1, 0.15) is 132 Å². The van der Waals surface area contributed by atoms with Crippen LogP contribution < -0.4 is 58.9 Å². The van der Waals surface area contributed by atoms with Crippen molar-refractivity contribution in [1.29, 1.82) is 0 Å². The zero-order valence-corrected chi connectivity index (χ0v) is 70.1. The summed E-state index contributed by atoms with van der Waals surface area (Å²) in [6.45, 7) is 12.1. The molecule has 0 atom stereocenters. The summed E-state index contributed by atoms with van der Waals surface area (Å²) in [5, 5.41) is 13.3. The number of piperidine rings is 1. The Morgan fingerprint density at radius 2 is 0.824 bits per heavy atom. The highest BCUT2D eigenvalue weighted by Crippen LogP contribution is 2.34. The van der Waals surface area contributed by atoms with E-state index in [0.29, 0.717) is 78.9 Å². The highest BCUT2D eigenvalue weighted by molar-refractivity contribution is 5.99. The van der Waals surface area contributed by atoms with Gasteiger partial charge in [0.15, 0.2) is 16.9 Å². The van der Waals surface area contributed by atoms with E-state index in [9.17, 15) is 43.2 Å². The van der Waals surface area contributed by atoms with Gasteiger partial charge in [-0.3, -0.25) is 62.6 Å². The first-order valence-corrected chi connectivity index (χ1v) is 41.9. The van der Waals surface area contributed by atoms with Gasteiger partial charge in [-0.2, -0.15) is 15.0 Å². The number of aromatic nitrogens is 9. The molecule has 6 aliphatic rings. The summed E-state index contributed by atoms with van der Waals surface area (Å²) in [6, 6.07) is 41.6. The first kappa shape index (κ1) is 84.6. The number of amides is 6. The molecule has 33 nitrogen and oxygen atoms in total. The molecule has 3 fully saturated rings. The molecule has 0 bridgehead atoms. The number of hydroxylamine groups is 3. The molecule has 3 saturated heterocycles. The molecule has 6 aromatic carbocycles. The van der Waals surface area contributed by atoms with Crippen LogP contribution in [0.4, 0.5) is 40.6 Å². The summed E-state index contributed by atoms with van der Waals surface area (Å²) < 4.78 is 10.6. The van der Waals surface area contributed by atoms with E-state index in [4.69, 9.17) is 29.2 Å². The number of hydrogen-bond donors (Lipinski definition) is 7. The predicted octanol–water partition coefficient (Wildman–Crippen LogP) is 9.37. The standard InChI is InChI=1S/C31H33N7O5.C31H32N6O4.C30H31N7O4/c1-42-36-30(41)26-19-38(24-9-8-20-4-2-5-21(20)17-24)28-25(27(26)39)18-33-31(35-28)34-23-7-3-6-22(16-23)29(40)32-10-11-37-12-14-43-15-13-37;1-19(38)36-13-11-21(12-14-36)22-7-4-8-24(15-22)33-31-32-17-26-28(39)27(30(40)35-41-2)18-37(29(26)34-31)25-10-9-20-5-3-6-23(20)16-25;1-19(38)35-11-13-36(14-12-35)23-8-4-7-22(16-23)32-30-31-17-25-27(39)26(29(40)34-41-2)18-37(28(25)33-30)24-10-9-20-5-3-6-21(20)15-24/h3,6-9,16-19H,2,4-5,10-15H2,1H3,(H,32,40)(H,36,41)(H,33,34,35);4,7-10,15-18,21H,3,5-6,11-14H2,1-2H3,(H,35,40)(H,32,33,34);4,7-10,15-18H,3,5-6,11-14H2,1-2H3,(H,34,40)(H,31,32,33). The van der Waals surface area contributed by atoms with E-state index in [0.717, 1.165) is 151 Å². The Morgan fingerprint density at radius 3 is 1.26 bits per heavy atom. The maximum absolute atomic E-state index is 13.3. The van der Waals surface area contributed by atoms with Gasteiger partial charge in [0.2, 0.25) is 45.9 Å². The first-order valence-electron chi connectivity index (χ1n) is 41.9. The molecule has 33 heteroatoms. The van der Waals surface area contributed by atoms with Crippen molar-refractivity contribution in [2.75, 3.05) is 121 Å². The molecule has 0 saturated carbocycles. The van der Waals surface area contributed by atoms with E-state index in [1.165, 1.54) is 97.5 Å². The van der Waals surface area contributed by atoms with Crippen molar-refractivity contribution in [2.24, 2.45) is 0 Å². The second-order valence-electron chi connectivity index (χ2n) is 31.5. The molecule has 125 heavy (non-hydrogen) atoms. The van der Waals surface area contributed by atoms with Gasteiger partial charge in [-0.1, -0.05) is 42.5 Å². The Labute approximate surface area is 718 Å². The van der Waals surface area contributed by atoms with Crippen LogP contribution in [0, 0.1) is 0 Å². The number of rotatable bonds is 21. The number of carbonyl (C=O) groups is 6. The van der Waals surface area contributed by atoms with Crippen LogP contribution in [0.2, 0.25) is 0 Å². The Hall–Kier alpha value is -14.0. The Balaban J connectivity index is 0.000000138. The fraction of sp³-hybridized carbons (Fsp3) is 0.315. The molecule has 18 rings (SSSR count). The average Bonchev–Trinajstić information content (AvgIpc) is 1.04. The summed E-state index contributed by atoms with van der Waals surface area (Å²) in [7, 11) is 3.95. The Bertz CT molecular complexity index is 6100. The topological polar surface area (TPSA) is 380 Å². The molecule has 3 aliphatic heterocycles. The summed E-state index contributed by atoms with van der Waals surface area (Å²) in [4.78, 5) is 164. The van der Waals surface area contributed by atoms with Crippen LogP contribution in [-0.2, 0) is 67.4 Å². The molecule has 642 valence electrons. The number of fused-ring (bicyclic) bond motifs is 6. The van der Waals surface area contributed by atoms with Gasteiger partial charge < -0.3 is 54.4 Å². The third-order valence-electron chi connectivity index (χ3n) is 23.6. The van der Waals surface area contributed by atoms with Crippen LogP contribution >= 0.6 is 0 Å². The summed E-state index contributed by atoms with van der Waals surface area (Å²) in [6.07, 6.45) is 20.0. The third-order valence-corrected chi connectivity index (χ3v) is 23.6. The fourth-order valence-corrected chi connectivity index (χ4v) is 17.0. The number of piperazine rings is 1. The first-order chi connectivity index (χ1) is 60.8. The minimum atomic E-state index is -0.661. The molecule has 7 N–H and O–H groups in total. The minimum Gasteiger partial charge on any atom is -0.379 e. The molecular formula is C92H96N20O13. The summed E-state index contributed by atoms with van der Waals surface area (Å²) >= 11 is 0. The number of nitrogens with one attached hydrogen (secondary N) is 7. The quantitative estimate of drug-likeness (QED) is 0.0329. The summed E-state index contributed by atoms with van der Waals surface area (Å²) in [5.41, 5.74) is 21.2. The number of likely N-dealkylation sites (tertiary alicyclic amines) is 1. The maximum Gasteiger partial charge on any atom is 0.280 e. The van der Waals surface area contributed by atoms with Gasteiger partial charge in [0, 0.05) is 162 Å². The van der Waals surface area contributed by atoms with E-state index in [1.54, 1.807) is 45.7 Å². The van der Waals surface area contributed by atoms with Gasteiger partial charge in [0.25, 0.3) is 23.6 Å². The van der Waals surface area contributed by atoms with Gasteiger partial charge >= 0.3 is 0 Å². The van der Waals surface area contributed by atoms with Crippen molar-refractivity contribution in [3.05, 3.63) is 256 Å². The third kappa shape index (κ3) is 19.1. The van der Waals surface area contributed by atoms with E-state index in [2.05, 4.69) is 116 Å². The summed E-state index contributed by atoms with van der Waals surface area (Å²) in [5.74, 6) is -0.637. The number of carbonyl (C=O) groups excluding carboxylic acids is 6. The van der Waals surface area contributed by atoms with Crippen molar-refractivity contribution in [1.82, 2.24) is 80.1 Å². The van der Waals surface area contributed by atoms with E-state index < -0.39 is 34.0 Å². The number of nitrogens with zero attached hydrogens (tertiary/aromatic N) is 13. The number of aryl methyl sites for hydroxylation is 6. The number of hydrogen-bond acceptors (Lipinski definition) is 24. The number of morpholine rings is 1. The van der Waals surface area contributed by atoms with Gasteiger partial charge in [0.1, 0.15) is 16.7 Å². The zero-order valence-electron chi connectivity index (χ0n) is 70.1. The molecular weight excluding hydrogens is 1590 g/mol. The van der Waals surface area contributed by atoms with Gasteiger partial charge in [-0.05, 0) is 200 Å². The molecule has 0 radical (unpaired) electrons. The van der Waals surface area contributed by atoms with Crippen molar-refractivity contribution in [3.8, 4) is 17.1 Å². The van der Waals surface area contributed by atoms with Crippen LogP contribution in [0.5, 0.6) is 0 Å². The number of anilines is 7. The number of pyridine rings is 3.